The van der Waals surface area contributed by atoms with Gasteiger partial charge in [-0.15, -0.1) is 0 Å². The average molecular weight is 239 g/mol. The summed E-state index contributed by atoms with van der Waals surface area (Å²) in [6.45, 7) is 7.50. The van der Waals surface area contributed by atoms with Gasteiger partial charge in [-0.05, 0) is 32.9 Å². The summed E-state index contributed by atoms with van der Waals surface area (Å²) in [4.78, 5) is 0. The predicted octanol–water partition coefficient (Wildman–Crippen LogP) is 1.95. The van der Waals surface area contributed by atoms with Gasteiger partial charge in [0.05, 0.1) is 19.0 Å². The zero-order valence-corrected chi connectivity index (χ0v) is 10.7. The summed E-state index contributed by atoms with van der Waals surface area (Å²) in [5, 5.41) is 3.44. The van der Waals surface area contributed by atoms with E-state index in [-0.39, 0.29) is 6.10 Å². The molecule has 0 amide bonds. The molecule has 1 aromatic rings. The normalized spacial score (nSPS) is 25.0. The van der Waals surface area contributed by atoms with E-state index in [9.17, 15) is 0 Å². The number of rotatable bonds is 5. The molecule has 2 rings (SSSR count). The summed E-state index contributed by atoms with van der Waals surface area (Å²) < 4.78 is 16.5. The van der Waals surface area contributed by atoms with Gasteiger partial charge in [-0.1, -0.05) is 0 Å². The van der Waals surface area contributed by atoms with Gasteiger partial charge in [-0.3, -0.25) is 0 Å². The van der Waals surface area contributed by atoms with E-state index < -0.39 is 5.79 Å². The van der Waals surface area contributed by atoms with Crippen molar-refractivity contribution in [2.75, 3.05) is 13.2 Å². The van der Waals surface area contributed by atoms with Crippen LogP contribution in [0.5, 0.6) is 0 Å². The lowest BCUT2D eigenvalue weighted by Gasteiger charge is -2.19. The molecule has 2 unspecified atom stereocenters. The number of hydrogen-bond acceptors (Lipinski definition) is 4. The molecule has 1 aliphatic heterocycles. The first-order valence-corrected chi connectivity index (χ1v) is 6.13. The maximum Gasteiger partial charge on any atom is 0.163 e. The van der Waals surface area contributed by atoms with Crippen LogP contribution < -0.4 is 5.32 Å². The molecule has 96 valence electrons. The molecule has 1 aliphatic rings. The molecule has 1 N–H and O–H groups in total. The van der Waals surface area contributed by atoms with E-state index in [1.807, 2.05) is 26.0 Å². The van der Waals surface area contributed by atoms with Crippen LogP contribution in [-0.2, 0) is 15.9 Å². The van der Waals surface area contributed by atoms with Gasteiger partial charge in [-0.2, -0.15) is 0 Å². The van der Waals surface area contributed by atoms with Crippen molar-refractivity contribution >= 4 is 0 Å². The fourth-order valence-corrected chi connectivity index (χ4v) is 2.00. The van der Waals surface area contributed by atoms with Crippen LogP contribution in [0.4, 0.5) is 0 Å². The van der Waals surface area contributed by atoms with Gasteiger partial charge < -0.3 is 19.2 Å². The zero-order chi connectivity index (χ0) is 12.3. The van der Waals surface area contributed by atoms with Crippen molar-refractivity contribution in [2.24, 2.45) is 0 Å². The van der Waals surface area contributed by atoms with Crippen LogP contribution in [0.25, 0.3) is 0 Å². The number of nitrogens with one attached hydrogen (secondary N) is 1. The highest BCUT2D eigenvalue weighted by molar-refractivity contribution is 5.00. The minimum atomic E-state index is -0.434. The second kappa shape index (κ2) is 5.21. The molecular formula is C13H21NO3. The first-order chi connectivity index (χ1) is 8.05. The fraction of sp³-hybridized carbons (Fsp3) is 0.692. The molecule has 2 heterocycles. The Morgan fingerprint density at radius 2 is 2.35 bits per heavy atom. The minimum Gasteiger partial charge on any atom is -0.469 e. The van der Waals surface area contributed by atoms with Crippen LogP contribution in [-0.4, -0.2) is 31.1 Å². The maximum absolute atomic E-state index is 5.73. The molecule has 0 saturated carbocycles. The number of hydrogen-bond donors (Lipinski definition) is 1. The van der Waals surface area contributed by atoms with Crippen molar-refractivity contribution in [3.05, 3.63) is 24.2 Å². The minimum absolute atomic E-state index is 0.143. The third-order valence-electron chi connectivity index (χ3n) is 2.85. The maximum atomic E-state index is 5.73. The fourth-order valence-electron chi connectivity index (χ4n) is 2.00. The summed E-state index contributed by atoms with van der Waals surface area (Å²) in [5.74, 6) is 0.574. The van der Waals surface area contributed by atoms with Crippen LogP contribution in [0.3, 0.4) is 0 Å². The Labute approximate surface area is 102 Å². The van der Waals surface area contributed by atoms with E-state index in [1.165, 1.54) is 0 Å². The molecule has 4 heteroatoms. The molecular weight excluding hydrogens is 218 g/mol. The lowest BCUT2D eigenvalue weighted by atomic mass is 10.2. The molecule has 4 nitrogen and oxygen atoms in total. The average Bonchev–Trinajstić information content (AvgIpc) is 2.85. The van der Waals surface area contributed by atoms with Gasteiger partial charge in [-0.25, -0.2) is 0 Å². The molecule has 1 saturated heterocycles. The Hall–Kier alpha value is -0.840. The van der Waals surface area contributed by atoms with E-state index in [1.54, 1.807) is 6.26 Å². The molecule has 0 aliphatic carbocycles. The second-order valence-electron chi connectivity index (χ2n) is 5.04. The third kappa shape index (κ3) is 3.84. The van der Waals surface area contributed by atoms with Crippen LogP contribution in [0.2, 0.25) is 0 Å². The Bertz CT molecular complexity index is 334. The summed E-state index contributed by atoms with van der Waals surface area (Å²) in [6.07, 6.45) is 2.74. The summed E-state index contributed by atoms with van der Waals surface area (Å²) in [7, 11) is 0. The highest BCUT2D eigenvalue weighted by atomic mass is 16.7. The van der Waals surface area contributed by atoms with E-state index in [2.05, 4.69) is 12.2 Å². The van der Waals surface area contributed by atoms with Crippen LogP contribution in [0.1, 0.15) is 26.5 Å². The summed E-state index contributed by atoms with van der Waals surface area (Å²) >= 11 is 0. The monoisotopic (exact) mass is 239 g/mol. The van der Waals surface area contributed by atoms with Crippen molar-refractivity contribution in [3.8, 4) is 0 Å². The smallest absolute Gasteiger partial charge is 0.163 e. The molecule has 2 atom stereocenters. The van der Waals surface area contributed by atoms with Gasteiger partial charge in [0.25, 0.3) is 0 Å². The predicted molar refractivity (Wildman–Crippen MR) is 64.8 cm³/mol. The zero-order valence-electron chi connectivity index (χ0n) is 10.7. The topological polar surface area (TPSA) is 43.6 Å². The Morgan fingerprint density at radius 3 is 2.94 bits per heavy atom. The van der Waals surface area contributed by atoms with E-state index >= 15 is 0 Å². The Balaban J connectivity index is 1.68. The van der Waals surface area contributed by atoms with Crippen molar-refractivity contribution < 1.29 is 13.9 Å². The van der Waals surface area contributed by atoms with Gasteiger partial charge in [0.15, 0.2) is 5.79 Å². The van der Waals surface area contributed by atoms with Crippen LogP contribution >= 0.6 is 0 Å². The Morgan fingerprint density at radius 1 is 1.53 bits per heavy atom. The number of ether oxygens (including phenoxy) is 2. The molecule has 1 aromatic heterocycles. The van der Waals surface area contributed by atoms with Gasteiger partial charge in [0.1, 0.15) is 5.76 Å². The van der Waals surface area contributed by atoms with Crippen LogP contribution in [0, 0.1) is 0 Å². The van der Waals surface area contributed by atoms with Crippen molar-refractivity contribution in [1.82, 2.24) is 5.32 Å². The highest BCUT2D eigenvalue weighted by Gasteiger charge is 2.32. The van der Waals surface area contributed by atoms with Crippen molar-refractivity contribution in [1.29, 1.82) is 0 Å². The molecule has 17 heavy (non-hydrogen) atoms. The lowest BCUT2D eigenvalue weighted by molar-refractivity contribution is -0.137. The first kappa shape index (κ1) is 12.6. The SMILES string of the molecule is CC(Cc1ccco1)NCC1COC(C)(C)O1. The summed E-state index contributed by atoms with van der Waals surface area (Å²) in [5.41, 5.74) is 0. The van der Waals surface area contributed by atoms with Gasteiger partial charge >= 0.3 is 0 Å². The Kier molecular flexibility index (Phi) is 3.86. The standard InChI is InChI=1S/C13H21NO3/c1-10(7-11-5-4-6-15-11)14-8-12-9-16-13(2,3)17-12/h4-6,10,12,14H,7-9H2,1-3H3. The van der Waals surface area contributed by atoms with Gasteiger partial charge in [0.2, 0.25) is 0 Å². The summed E-state index contributed by atoms with van der Waals surface area (Å²) in [6, 6.07) is 4.28. The van der Waals surface area contributed by atoms with Crippen LogP contribution in [0.15, 0.2) is 22.8 Å². The largest absolute Gasteiger partial charge is 0.469 e. The molecule has 0 aromatic carbocycles. The second-order valence-corrected chi connectivity index (χ2v) is 5.04. The molecule has 0 bridgehead atoms. The molecule has 1 fully saturated rings. The van der Waals surface area contributed by atoms with Crippen molar-refractivity contribution in [2.45, 2.75) is 45.1 Å². The molecule has 0 radical (unpaired) electrons. The van der Waals surface area contributed by atoms with Gasteiger partial charge in [0, 0.05) is 19.0 Å². The van der Waals surface area contributed by atoms with E-state index in [4.69, 9.17) is 13.9 Å². The quantitative estimate of drug-likeness (QED) is 0.853. The highest BCUT2D eigenvalue weighted by Crippen LogP contribution is 2.21. The third-order valence-corrected chi connectivity index (χ3v) is 2.85. The first-order valence-electron chi connectivity index (χ1n) is 6.13. The van der Waals surface area contributed by atoms with E-state index in [0.717, 1.165) is 18.7 Å². The molecule has 0 spiro atoms. The van der Waals surface area contributed by atoms with E-state index in [0.29, 0.717) is 12.6 Å². The number of furan rings is 1. The lowest BCUT2D eigenvalue weighted by Crippen LogP contribution is -2.36. The van der Waals surface area contributed by atoms with Crippen molar-refractivity contribution in [3.63, 3.8) is 0 Å².